The lowest BCUT2D eigenvalue weighted by Crippen LogP contribution is -2.49. The maximum Gasteiger partial charge on any atom is 0.231 e. The topological polar surface area (TPSA) is 109 Å². The highest BCUT2D eigenvalue weighted by Gasteiger charge is 2.37. The number of carbonyl (C=O) groups is 2. The van der Waals surface area contributed by atoms with Gasteiger partial charge in [0, 0.05) is 31.4 Å². The van der Waals surface area contributed by atoms with E-state index in [1.54, 1.807) is 36.2 Å². The molecule has 2 N–H and O–H groups in total. The van der Waals surface area contributed by atoms with E-state index in [1.807, 2.05) is 12.1 Å². The summed E-state index contributed by atoms with van der Waals surface area (Å²) < 4.78 is 16.4. The van der Waals surface area contributed by atoms with Crippen LogP contribution in [0.5, 0.6) is 17.2 Å². The standard InChI is InChI=1S/C28H36N2O7/c1-3-4-13-35-22-6-7-23(21(16-22)18-31)29(2)27(33)17-28(34)9-11-30(12-10-28)26(32)15-20-5-8-24-25(14-20)37-19-36-24/h5-8,14,16,31,34H,3-4,9-13,15,17-19H2,1-2H3. The molecular formula is C28H36N2O7. The molecule has 2 aliphatic rings. The van der Waals surface area contributed by atoms with Gasteiger partial charge in [0.25, 0.3) is 0 Å². The van der Waals surface area contributed by atoms with Gasteiger partial charge in [-0.1, -0.05) is 19.4 Å². The van der Waals surface area contributed by atoms with Crippen molar-refractivity contribution in [3.05, 3.63) is 47.5 Å². The van der Waals surface area contributed by atoms with Gasteiger partial charge >= 0.3 is 0 Å². The second-order valence-corrected chi connectivity index (χ2v) is 9.75. The molecule has 37 heavy (non-hydrogen) atoms. The summed E-state index contributed by atoms with van der Waals surface area (Å²) >= 11 is 0. The number of fused-ring (bicyclic) bond motifs is 1. The molecule has 9 heteroatoms. The molecule has 0 unspecified atom stereocenters. The Labute approximate surface area is 217 Å². The van der Waals surface area contributed by atoms with Gasteiger partial charge in [0.15, 0.2) is 11.5 Å². The summed E-state index contributed by atoms with van der Waals surface area (Å²) in [7, 11) is 1.64. The van der Waals surface area contributed by atoms with Gasteiger partial charge in [-0.3, -0.25) is 9.59 Å². The van der Waals surface area contributed by atoms with Crippen LogP contribution in [0.25, 0.3) is 0 Å². The number of likely N-dealkylation sites (tertiary alicyclic amines) is 1. The Morgan fingerprint density at radius 1 is 1.11 bits per heavy atom. The molecule has 0 spiro atoms. The molecule has 0 radical (unpaired) electrons. The molecule has 2 heterocycles. The van der Waals surface area contributed by atoms with E-state index < -0.39 is 5.60 Å². The van der Waals surface area contributed by atoms with Crippen LogP contribution in [0.2, 0.25) is 0 Å². The fraction of sp³-hybridized carbons (Fsp3) is 0.500. The lowest BCUT2D eigenvalue weighted by molar-refractivity contribution is -0.136. The summed E-state index contributed by atoms with van der Waals surface area (Å²) in [6.45, 7) is 3.39. The lowest BCUT2D eigenvalue weighted by atomic mass is 9.87. The number of benzene rings is 2. The van der Waals surface area contributed by atoms with Crippen molar-refractivity contribution < 1.29 is 34.0 Å². The second-order valence-electron chi connectivity index (χ2n) is 9.75. The molecule has 2 amide bonds. The second kappa shape index (κ2) is 11.8. The van der Waals surface area contributed by atoms with E-state index in [-0.39, 0.29) is 38.1 Å². The molecule has 2 aromatic carbocycles. The molecule has 2 aliphatic heterocycles. The van der Waals surface area contributed by atoms with Crippen LogP contribution in [0, 0.1) is 0 Å². The number of rotatable bonds is 10. The maximum atomic E-state index is 13.1. The number of hydrogen-bond donors (Lipinski definition) is 2. The summed E-state index contributed by atoms with van der Waals surface area (Å²) in [5.41, 5.74) is 0.813. The number of piperidine rings is 1. The van der Waals surface area contributed by atoms with Crippen LogP contribution in [-0.4, -0.2) is 66.1 Å². The number of hydrogen-bond acceptors (Lipinski definition) is 7. The summed E-state index contributed by atoms with van der Waals surface area (Å²) in [5.74, 6) is 1.69. The number of amides is 2. The van der Waals surface area contributed by atoms with Gasteiger partial charge in [0.2, 0.25) is 18.6 Å². The predicted molar refractivity (Wildman–Crippen MR) is 138 cm³/mol. The minimum absolute atomic E-state index is 0.0295. The van der Waals surface area contributed by atoms with Gasteiger partial charge < -0.3 is 34.2 Å². The van der Waals surface area contributed by atoms with Crippen LogP contribution in [0.1, 0.15) is 50.2 Å². The van der Waals surface area contributed by atoms with E-state index in [9.17, 15) is 19.8 Å². The van der Waals surface area contributed by atoms with Crippen molar-refractivity contribution in [3.8, 4) is 17.2 Å². The van der Waals surface area contributed by atoms with Gasteiger partial charge in [-0.15, -0.1) is 0 Å². The summed E-state index contributed by atoms with van der Waals surface area (Å²) in [5, 5.41) is 21.0. The first-order valence-corrected chi connectivity index (χ1v) is 12.8. The molecular weight excluding hydrogens is 476 g/mol. The number of ether oxygens (including phenoxy) is 3. The molecule has 1 saturated heterocycles. The lowest BCUT2D eigenvalue weighted by Gasteiger charge is -2.38. The summed E-state index contributed by atoms with van der Waals surface area (Å²) in [6, 6.07) is 10.8. The van der Waals surface area contributed by atoms with E-state index in [1.165, 1.54) is 4.90 Å². The quantitative estimate of drug-likeness (QED) is 0.471. The van der Waals surface area contributed by atoms with Gasteiger partial charge in [0.1, 0.15) is 5.75 Å². The number of unbranched alkanes of at least 4 members (excludes halogenated alkanes) is 1. The highest BCUT2D eigenvalue weighted by Crippen LogP contribution is 2.33. The number of carbonyl (C=O) groups excluding carboxylic acids is 2. The molecule has 4 rings (SSSR count). The van der Waals surface area contributed by atoms with Crippen LogP contribution < -0.4 is 19.1 Å². The largest absolute Gasteiger partial charge is 0.494 e. The first-order chi connectivity index (χ1) is 17.8. The molecule has 200 valence electrons. The van der Waals surface area contributed by atoms with Gasteiger partial charge in [-0.05, 0) is 55.2 Å². The first-order valence-electron chi connectivity index (χ1n) is 12.8. The highest BCUT2D eigenvalue weighted by molar-refractivity contribution is 5.94. The molecule has 0 saturated carbocycles. The van der Waals surface area contributed by atoms with Crippen molar-refractivity contribution in [2.75, 3.05) is 38.4 Å². The zero-order valence-electron chi connectivity index (χ0n) is 21.6. The Hall–Kier alpha value is -3.30. The number of aliphatic hydroxyl groups excluding tert-OH is 1. The average molecular weight is 513 g/mol. The van der Waals surface area contributed by atoms with Gasteiger partial charge in [0.05, 0.1) is 31.7 Å². The third kappa shape index (κ3) is 6.53. The number of anilines is 1. The van der Waals surface area contributed by atoms with Crippen LogP contribution in [0.4, 0.5) is 5.69 Å². The van der Waals surface area contributed by atoms with Crippen molar-refractivity contribution in [3.63, 3.8) is 0 Å². The smallest absolute Gasteiger partial charge is 0.231 e. The van der Waals surface area contributed by atoms with Crippen molar-refractivity contribution in [2.45, 2.75) is 57.7 Å². The number of nitrogens with zero attached hydrogens (tertiary/aromatic N) is 2. The highest BCUT2D eigenvalue weighted by atomic mass is 16.7. The van der Waals surface area contributed by atoms with Crippen molar-refractivity contribution in [1.29, 1.82) is 0 Å². The van der Waals surface area contributed by atoms with Gasteiger partial charge in [-0.25, -0.2) is 0 Å². The molecule has 0 atom stereocenters. The Bertz CT molecular complexity index is 1110. The zero-order chi connectivity index (χ0) is 26.4. The van der Waals surface area contributed by atoms with E-state index in [0.717, 1.165) is 18.4 Å². The van der Waals surface area contributed by atoms with E-state index in [0.29, 0.717) is 61.0 Å². The molecule has 0 bridgehead atoms. The third-order valence-electron chi connectivity index (χ3n) is 7.04. The van der Waals surface area contributed by atoms with Crippen LogP contribution >= 0.6 is 0 Å². The van der Waals surface area contributed by atoms with E-state index in [2.05, 4.69) is 6.92 Å². The fourth-order valence-electron chi connectivity index (χ4n) is 4.66. The van der Waals surface area contributed by atoms with Crippen molar-refractivity contribution in [2.24, 2.45) is 0 Å². The van der Waals surface area contributed by atoms with Crippen LogP contribution in [0.15, 0.2) is 36.4 Å². The molecule has 1 fully saturated rings. The van der Waals surface area contributed by atoms with Gasteiger partial charge in [-0.2, -0.15) is 0 Å². The molecule has 9 nitrogen and oxygen atoms in total. The normalized spacial score (nSPS) is 15.9. The predicted octanol–water partition coefficient (Wildman–Crippen LogP) is 3.04. The Morgan fingerprint density at radius 2 is 1.86 bits per heavy atom. The van der Waals surface area contributed by atoms with Crippen LogP contribution in [-0.2, 0) is 22.6 Å². The first kappa shape index (κ1) is 26.8. The monoisotopic (exact) mass is 512 g/mol. The minimum Gasteiger partial charge on any atom is -0.494 e. The molecule has 0 aromatic heterocycles. The maximum absolute atomic E-state index is 13.1. The zero-order valence-corrected chi connectivity index (χ0v) is 21.6. The summed E-state index contributed by atoms with van der Waals surface area (Å²) in [6.07, 6.45) is 2.77. The van der Waals surface area contributed by atoms with Crippen molar-refractivity contribution in [1.82, 2.24) is 4.90 Å². The fourth-order valence-corrected chi connectivity index (χ4v) is 4.66. The molecule has 2 aromatic rings. The minimum atomic E-state index is -1.19. The van der Waals surface area contributed by atoms with Crippen molar-refractivity contribution >= 4 is 17.5 Å². The third-order valence-corrected chi connectivity index (χ3v) is 7.04. The SMILES string of the molecule is CCCCOc1ccc(N(C)C(=O)CC2(O)CCN(C(=O)Cc3ccc4c(c3)OCO4)CC2)c(CO)c1. The van der Waals surface area contributed by atoms with E-state index >= 15 is 0 Å². The number of aliphatic hydroxyl groups is 2. The Balaban J connectivity index is 1.30. The van der Waals surface area contributed by atoms with E-state index in [4.69, 9.17) is 14.2 Å². The van der Waals surface area contributed by atoms with Crippen LogP contribution in [0.3, 0.4) is 0 Å². The summed E-state index contributed by atoms with van der Waals surface area (Å²) in [4.78, 5) is 29.1. The Kier molecular flexibility index (Phi) is 8.56. The molecule has 0 aliphatic carbocycles. The average Bonchev–Trinajstić information content (AvgIpc) is 3.36. The Morgan fingerprint density at radius 3 is 2.59 bits per heavy atom.